The molecule has 0 radical (unpaired) electrons. The number of hydrogen-bond donors (Lipinski definition) is 3. The van der Waals surface area contributed by atoms with Gasteiger partial charge in [-0.1, -0.05) is 0 Å². The fourth-order valence-corrected chi connectivity index (χ4v) is 1.20. The summed E-state index contributed by atoms with van der Waals surface area (Å²) in [5, 5.41) is 21.2. The first kappa shape index (κ1) is 10.5. The molecule has 0 heterocycles. The Bertz CT molecular complexity index is 209. The van der Waals surface area contributed by atoms with Crippen molar-refractivity contribution in [2.45, 2.75) is 44.2 Å². The van der Waals surface area contributed by atoms with Gasteiger partial charge >= 0.3 is 0 Å². The molecule has 1 rings (SSSR count). The highest BCUT2D eigenvalue weighted by molar-refractivity contribution is 5.86. The van der Waals surface area contributed by atoms with E-state index >= 15 is 0 Å². The lowest BCUT2D eigenvalue weighted by Gasteiger charge is -2.37. The van der Waals surface area contributed by atoms with E-state index in [1.807, 2.05) is 0 Å². The van der Waals surface area contributed by atoms with Crippen molar-refractivity contribution in [1.29, 1.82) is 0 Å². The smallest absolute Gasteiger partial charge is 0.252 e. The second kappa shape index (κ2) is 3.27. The molecule has 0 bridgehead atoms. The van der Waals surface area contributed by atoms with Crippen LogP contribution in [0.4, 0.5) is 0 Å². The van der Waals surface area contributed by atoms with E-state index in [9.17, 15) is 9.90 Å². The number of amides is 1. The molecule has 0 aliphatic heterocycles. The van der Waals surface area contributed by atoms with Crippen LogP contribution in [0.25, 0.3) is 0 Å². The molecule has 1 fully saturated rings. The summed E-state index contributed by atoms with van der Waals surface area (Å²) in [5.41, 5.74) is -1.82. The van der Waals surface area contributed by atoms with Crippen LogP contribution in [0.3, 0.4) is 0 Å². The molecule has 0 aromatic heterocycles. The molecule has 1 aliphatic carbocycles. The normalized spacial score (nSPS) is 20.6. The fourth-order valence-electron chi connectivity index (χ4n) is 1.20. The zero-order chi connectivity index (χ0) is 10.1. The van der Waals surface area contributed by atoms with Crippen molar-refractivity contribution in [3.63, 3.8) is 0 Å². The van der Waals surface area contributed by atoms with Crippen molar-refractivity contribution < 1.29 is 15.0 Å². The van der Waals surface area contributed by atoms with Gasteiger partial charge in [0.15, 0.2) is 0 Å². The van der Waals surface area contributed by atoms with Crippen LogP contribution in [0.5, 0.6) is 0 Å². The lowest BCUT2D eigenvalue weighted by atomic mass is 9.79. The molecule has 1 aliphatic rings. The molecule has 0 saturated heterocycles. The third-order valence-corrected chi connectivity index (χ3v) is 2.45. The monoisotopic (exact) mass is 187 g/mol. The number of aliphatic hydroxyl groups is 2. The number of aliphatic hydroxyl groups excluding tert-OH is 1. The molecule has 1 amide bonds. The van der Waals surface area contributed by atoms with Crippen LogP contribution in [-0.2, 0) is 4.79 Å². The molecule has 13 heavy (non-hydrogen) atoms. The Morgan fingerprint density at radius 2 is 2.08 bits per heavy atom. The van der Waals surface area contributed by atoms with E-state index in [1.54, 1.807) is 13.8 Å². The van der Waals surface area contributed by atoms with Crippen LogP contribution in [0.2, 0.25) is 0 Å². The molecular formula is C9H17NO3. The summed E-state index contributed by atoms with van der Waals surface area (Å²) in [6.07, 6.45) is 1.95. The van der Waals surface area contributed by atoms with Crippen LogP contribution < -0.4 is 5.32 Å². The molecule has 0 atom stereocenters. The topological polar surface area (TPSA) is 69.6 Å². The zero-order valence-corrected chi connectivity index (χ0v) is 8.13. The van der Waals surface area contributed by atoms with Crippen molar-refractivity contribution in [2.24, 2.45) is 0 Å². The molecule has 3 N–H and O–H groups in total. The highest BCUT2D eigenvalue weighted by atomic mass is 16.3. The molecule has 76 valence electrons. The Balaban J connectivity index is 2.50. The minimum Gasteiger partial charge on any atom is -0.394 e. The summed E-state index contributed by atoms with van der Waals surface area (Å²) in [5.74, 6) is -0.363. The SMILES string of the molecule is CC(C)(CO)NC(=O)C1(O)CCC1. The molecule has 4 heteroatoms. The van der Waals surface area contributed by atoms with E-state index in [2.05, 4.69) is 5.32 Å². The molecule has 0 aromatic carbocycles. The van der Waals surface area contributed by atoms with Crippen molar-refractivity contribution >= 4 is 5.91 Å². The van der Waals surface area contributed by atoms with Gasteiger partial charge in [-0.2, -0.15) is 0 Å². The van der Waals surface area contributed by atoms with Crippen molar-refractivity contribution in [3.8, 4) is 0 Å². The Hall–Kier alpha value is -0.610. The molecular weight excluding hydrogens is 170 g/mol. The van der Waals surface area contributed by atoms with Crippen LogP contribution in [0.1, 0.15) is 33.1 Å². The van der Waals surface area contributed by atoms with Crippen LogP contribution in [-0.4, -0.2) is 33.9 Å². The quantitative estimate of drug-likeness (QED) is 0.572. The lowest BCUT2D eigenvalue weighted by Crippen LogP contribution is -2.58. The Labute approximate surface area is 78.0 Å². The summed E-state index contributed by atoms with van der Waals surface area (Å²) in [4.78, 5) is 11.4. The molecule has 1 saturated carbocycles. The molecule has 0 aromatic rings. The maximum absolute atomic E-state index is 11.4. The largest absolute Gasteiger partial charge is 0.394 e. The maximum atomic E-state index is 11.4. The first-order valence-corrected chi connectivity index (χ1v) is 4.55. The third kappa shape index (κ3) is 2.19. The van der Waals surface area contributed by atoms with Crippen LogP contribution in [0, 0.1) is 0 Å². The fraction of sp³-hybridized carbons (Fsp3) is 0.889. The van der Waals surface area contributed by atoms with E-state index in [0.717, 1.165) is 6.42 Å². The average Bonchev–Trinajstić information content (AvgIpc) is 1.99. The number of carbonyl (C=O) groups is 1. The van der Waals surface area contributed by atoms with Gasteiger partial charge < -0.3 is 15.5 Å². The maximum Gasteiger partial charge on any atom is 0.252 e. The van der Waals surface area contributed by atoms with Gasteiger partial charge in [0.05, 0.1) is 12.1 Å². The summed E-state index contributed by atoms with van der Waals surface area (Å²) >= 11 is 0. The second-order valence-electron chi connectivity index (χ2n) is 4.38. The Kier molecular flexibility index (Phi) is 2.63. The van der Waals surface area contributed by atoms with Crippen molar-refractivity contribution in [2.75, 3.05) is 6.61 Å². The summed E-state index contributed by atoms with van der Waals surface area (Å²) < 4.78 is 0. The average molecular weight is 187 g/mol. The number of rotatable bonds is 3. The Morgan fingerprint density at radius 3 is 2.38 bits per heavy atom. The van der Waals surface area contributed by atoms with Gasteiger partial charge in [-0.25, -0.2) is 0 Å². The summed E-state index contributed by atoms with van der Waals surface area (Å²) in [6.45, 7) is 3.30. The third-order valence-electron chi connectivity index (χ3n) is 2.45. The van der Waals surface area contributed by atoms with Gasteiger partial charge in [0.1, 0.15) is 5.60 Å². The van der Waals surface area contributed by atoms with E-state index in [4.69, 9.17) is 5.11 Å². The van der Waals surface area contributed by atoms with Gasteiger partial charge in [0.2, 0.25) is 0 Å². The van der Waals surface area contributed by atoms with Gasteiger partial charge in [-0.3, -0.25) is 4.79 Å². The van der Waals surface area contributed by atoms with Gasteiger partial charge in [0, 0.05) is 0 Å². The highest BCUT2D eigenvalue weighted by Gasteiger charge is 2.43. The predicted molar refractivity (Wildman–Crippen MR) is 48.1 cm³/mol. The zero-order valence-electron chi connectivity index (χ0n) is 8.13. The van der Waals surface area contributed by atoms with Crippen LogP contribution in [0.15, 0.2) is 0 Å². The molecule has 0 unspecified atom stereocenters. The van der Waals surface area contributed by atoms with Gasteiger partial charge in [-0.05, 0) is 33.1 Å². The molecule has 0 spiro atoms. The van der Waals surface area contributed by atoms with Crippen molar-refractivity contribution in [1.82, 2.24) is 5.32 Å². The second-order valence-corrected chi connectivity index (χ2v) is 4.38. The van der Waals surface area contributed by atoms with Crippen molar-refractivity contribution in [3.05, 3.63) is 0 Å². The minimum absolute atomic E-state index is 0.130. The van der Waals surface area contributed by atoms with Crippen LogP contribution >= 0.6 is 0 Å². The van der Waals surface area contributed by atoms with E-state index < -0.39 is 11.1 Å². The van der Waals surface area contributed by atoms with E-state index in [1.165, 1.54) is 0 Å². The van der Waals surface area contributed by atoms with E-state index in [-0.39, 0.29) is 12.5 Å². The van der Waals surface area contributed by atoms with E-state index in [0.29, 0.717) is 12.8 Å². The highest BCUT2D eigenvalue weighted by Crippen LogP contribution is 2.32. The minimum atomic E-state index is -1.17. The number of nitrogens with one attached hydrogen (secondary N) is 1. The molecule has 4 nitrogen and oxygen atoms in total. The standard InChI is InChI=1S/C9H17NO3/c1-8(2,6-11)10-7(12)9(13)4-3-5-9/h11,13H,3-6H2,1-2H3,(H,10,12). The predicted octanol–water partition coefficient (Wildman–Crippen LogP) is -0.212. The Morgan fingerprint density at radius 1 is 1.54 bits per heavy atom. The summed E-state index contributed by atoms with van der Waals surface area (Å²) in [6, 6.07) is 0. The summed E-state index contributed by atoms with van der Waals surface area (Å²) in [7, 11) is 0. The number of hydrogen-bond acceptors (Lipinski definition) is 3. The lowest BCUT2D eigenvalue weighted by molar-refractivity contribution is -0.150. The van der Waals surface area contributed by atoms with Gasteiger partial charge in [-0.15, -0.1) is 0 Å². The number of carbonyl (C=O) groups excluding carboxylic acids is 1. The van der Waals surface area contributed by atoms with Gasteiger partial charge in [0.25, 0.3) is 5.91 Å². The first-order chi connectivity index (χ1) is 5.90. The first-order valence-electron chi connectivity index (χ1n) is 4.55.